The number of carbonyl (C=O) groups is 1. The number of nitro groups is 2. The molecule has 1 amide bonds. The summed E-state index contributed by atoms with van der Waals surface area (Å²) in [5.74, 6) is -0.0331. The van der Waals surface area contributed by atoms with Crippen molar-refractivity contribution in [2.45, 2.75) is 6.92 Å². The lowest BCUT2D eigenvalue weighted by Crippen LogP contribution is -2.19. The van der Waals surface area contributed by atoms with Crippen LogP contribution < -0.4 is 14.8 Å². The molecule has 1 aliphatic rings. The summed E-state index contributed by atoms with van der Waals surface area (Å²) in [7, 11) is 0. The molecule has 1 aliphatic heterocycles. The molecule has 1 heterocycles. The molecule has 0 saturated carbocycles. The Labute approximate surface area is 238 Å². The van der Waals surface area contributed by atoms with E-state index in [1.807, 2.05) is 22.6 Å². The summed E-state index contributed by atoms with van der Waals surface area (Å²) in [6.45, 7) is 2.03. The van der Waals surface area contributed by atoms with Gasteiger partial charge in [-0.1, -0.05) is 11.6 Å². The minimum Gasteiger partial charge on any atom is -0.490 e. The summed E-state index contributed by atoms with van der Waals surface area (Å²) in [6, 6.07) is 13.3. The Kier molecular flexibility index (Phi) is 8.48. The highest BCUT2D eigenvalue weighted by atomic mass is 127. The molecule has 0 unspecified atom stereocenters. The zero-order valence-corrected chi connectivity index (χ0v) is 23.1. The van der Waals surface area contributed by atoms with E-state index in [0.717, 1.165) is 12.1 Å². The average molecular weight is 667 g/mol. The molecule has 1 N–H and O–H groups in total. The number of nitrogens with zero attached hydrogens (tertiary/aromatic N) is 3. The van der Waals surface area contributed by atoms with Crippen LogP contribution in [0.4, 0.5) is 17.1 Å². The van der Waals surface area contributed by atoms with Crippen LogP contribution in [-0.4, -0.2) is 27.5 Å². The predicted octanol–water partition coefficient (Wildman–Crippen LogP) is 6.84. The summed E-state index contributed by atoms with van der Waals surface area (Å²) in [4.78, 5) is 38.4. The molecule has 14 heteroatoms. The molecule has 3 aromatic rings. The van der Waals surface area contributed by atoms with Gasteiger partial charge >= 0.3 is 5.69 Å². The van der Waals surface area contributed by atoms with Crippen LogP contribution in [0.25, 0.3) is 6.08 Å². The molecule has 38 heavy (non-hydrogen) atoms. The maximum absolute atomic E-state index is 12.5. The molecule has 4 rings (SSSR count). The van der Waals surface area contributed by atoms with Crippen LogP contribution in [-0.2, 0) is 4.79 Å². The van der Waals surface area contributed by atoms with Crippen molar-refractivity contribution in [2.75, 3.05) is 6.61 Å². The Morgan fingerprint density at radius 3 is 2.47 bits per heavy atom. The molecule has 3 aromatic carbocycles. The second-order valence-corrected chi connectivity index (χ2v) is 10.1. The highest BCUT2D eigenvalue weighted by Crippen LogP contribution is 2.42. The fourth-order valence-electron chi connectivity index (χ4n) is 3.26. The number of rotatable bonds is 8. The number of halogens is 2. The minimum absolute atomic E-state index is 0.181. The Hall–Kier alpha value is -3.69. The first-order chi connectivity index (χ1) is 18.1. The number of nitro benzene ring substituents is 2. The maximum Gasteiger partial charge on any atom is 0.318 e. The van der Waals surface area contributed by atoms with E-state index in [2.05, 4.69) is 10.3 Å². The van der Waals surface area contributed by atoms with Crippen molar-refractivity contribution >= 4 is 80.2 Å². The lowest BCUT2D eigenvalue weighted by atomic mass is 10.1. The molecular weight excluding hydrogens is 651 g/mol. The normalized spacial score (nSPS) is 15.0. The standard InChI is InChI=1S/C24H16ClIN4O7S/c1-2-36-20-10-13(11-21-23(31)28-24(38-21)27-15-5-3-14(25)4-6-15)9-17(26)22(20)37-19-8-7-16(29(32)33)12-18(19)30(34)35/h3-12H,2H2,1H3,(H,27,28,31)/b21-11-. The fourth-order valence-corrected chi connectivity index (χ4v) is 4.96. The van der Waals surface area contributed by atoms with Crippen molar-refractivity contribution in [3.05, 3.63) is 93.9 Å². The molecule has 1 fully saturated rings. The van der Waals surface area contributed by atoms with E-state index in [9.17, 15) is 25.0 Å². The van der Waals surface area contributed by atoms with Gasteiger partial charge in [-0.3, -0.25) is 25.0 Å². The third-order valence-corrected chi connectivity index (χ3v) is 6.86. The second-order valence-electron chi connectivity index (χ2n) is 7.49. The number of aliphatic imine (C=N–C) groups is 1. The van der Waals surface area contributed by atoms with Crippen molar-refractivity contribution in [1.29, 1.82) is 0 Å². The van der Waals surface area contributed by atoms with Gasteiger partial charge in [0.1, 0.15) is 0 Å². The number of nitrogens with one attached hydrogen (secondary N) is 1. The number of ether oxygens (including phenoxy) is 2. The van der Waals surface area contributed by atoms with E-state index >= 15 is 0 Å². The highest BCUT2D eigenvalue weighted by Gasteiger charge is 2.26. The largest absolute Gasteiger partial charge is 0.490 e. The summed E-state index contributed by atoms with van der Waals surface area (Å²) in [6.07, 6.45) is 1.66. The van der Waals surface area contributed by atoms with Crippen molar-refractivity contribution < 1.29 is 24.1 Å². The number of carbonyl (C=O) groups excluding carboxylic acids is 1. The van der Waals surface area contributed by atoms with Gasteiger partial charge in [0.05, 0.1) is 36.7 Å². The zero-order chi connectivity index (χ0) is 27.4. The first-order valence-electron chi connectivity index (χ1n) is 10.8. The van der Waals surface area contributed by atoms with Gasteiger partial charge in [0.15, 0.2) is 16.7 Å². The van der Waals surface area contributed by atoms with Crippen molar-refractivity contribution in [1.82, 2.24) is 5.32 Å². The van der Waals surface area contributed by atoms with Crippen LogP contribution in [0.5, 0.6) is 17.2 Å². The minimum atomic E-state index is -0.757. The zero-order valence-electron chi connectivity index (χ0n) is 19.3. The number of thioether (sulfide) groups is 1. The summed E-state index contributed by atoms with van der Waals surface area (Å²) in [5.41, 5.74) is 0.259. The third kappa shape index (κ3) is 6.41. The number of hydrogen-bond acceptors (Lipinski definition) is 9. The van der Waals surface area contributed by atoms with Gasteiger partial charge in [0.2, 0.25) is 5.75 Å². The van der Waals surface area contributed by atoms with E-state index in [1.165, 1.54) is 17.8 Å². The summed E-state index contributed by atoms with van der Waals surface area (Å²) < 4.78 is 12.1. The molecular formula is C24H16ClIN4O7S. The van der Waals surface area contributed by atoms with E-state index in [4.69, 9.17) is 21.1 Å². The topological polar surface area (TPSA) is 146 Å². The van der Waals surface area contributed by atoms with Gasteiger partial charge in [-0.2, -0.15) is 0 Å². The van der Waals surface area contributed by atoms with Crippen LogP contribution >= 0.6 is 46.0 Å². The van der Waals surface area contributed by atoms with Gasteiger partial charge in [0, 0.05) is 11.1 Å². The number of non-ortho nitro benzene ring substituents is 1. The number of amides is 1. The molecule has 0 spiro atoms. The molecule has 0 aromatic heterocycles. The van der Waals surface area contributed by atoms with Crippen molar-refractivity contribution in [2.24, 2.45) is 4.99 Å². The highest BCUT2D eigenvalue weighted by molar-refractivity contribution is 14.1. The lowest BCUT2D eigenvalue weighted by molar-refractivity contribution is -0.394. The van der Waals surface area contributed by atoms with Crippen LogP contribution in [0, 0.1) is 23.8 Å². The monoisotopic (exact) mass is 666 g/mol. The SMILES string of the molecule is CCOc1cc(/C=C2\SC(=Nc3ccc(Cl)cc3)NC2=O)cc(I)c1Oc1ccc([N+](=O)[O-])cc1[N+](=O)[O-]. The van der Waals surface area contributed by atoms with E-state index in [-0.39, 0.29) is 29.8 Å². The molecule has 1 saturated heterocycles. The van der Waals surface area contributed by atoms with Gasteiger partial charge in [0.25, 0.3) is 11.6 Å². The first kappa shape index (κ1) is 27.3. The molecule has 0 bridgehead atoms. The second kappa shape index (κ2) is 11.8. The number of amidine groups is 1. The quantitative estimate of drug-likeness (QED) is 0.119. The van der Waals surface area contributed by atoms with Gasteiger partial charge in [-0.15, -0.1) is 0 Å². The number of hydrogen-bond donors (Lipinski definition) is 1. The Morgan fingerprint density at radius 1 is 1.08 bits per heavy atom. The maximum atomic E-state index is 12.5. The smallest absolute Gasteiger partial charge is 0.318 e. The van der Waals surface area contributed by atoms with Crippen molar-refractivity contribution in [3.8, 4) is 17.2 Å². The van der Waals surface area contributed by atoms with Crippen LogP contribution in [0.1, 0.15) is 12.5 Å². The Bertz CT molecular complexity index is 1510. The molecule has 11 nitrogen and oxygen atoms in total. The summed E-state index contributed by atoms with van der Waals surface area (Å²) >= 11 is 9.05. The van der Waals surface area contributed by atoms with Gasteiger partial charge in [-0.25, -0.2) is 4.99 Å². The number of benzene rings is 3. The Balaban J connectivity index is 1.65. The van der Waals surface area contributed by atoms with Crippen molar-refractivity contribution in [3.63, 3.8) is 0 Å². The van der Waals surface area contributed by atoms with Crippen LogP contribution in [0.15, 0.2) is 64.5 Å². The summed E-state index contributed by atoms with van der Waals surface area (Å²) in [5, 5.41) is 26.3. The van der Waals surface area contributed by atoms with E-state index in [1.54, 1.807) is 49.4 Å². The lowest BCUT2D eigenvalue weighted by Gasteiger charge is -2.14. The van der Waals surface area contributed by atoms with E-state index < -0.39 is 21.2 Å². The molecule has 0 aliphatic carbocycles. The van der Waals surface area contributed by atoms with Crippen LogP contribution in [0.3, 0.4) is 0 Å². The molecule has 0 atom stereocenters. The van der Waals surface area contributed by atoms with E-state index in [0.29, 0.717) is 29.9 Å². The van der Waals surface area contributed by atoms with Crippen LogP contribution in [0.2, 0.25) is 5.02 Å². The average Bonchev–Trinajstić information content (AvgIpc) is 3.20. The Morgan fingerprint density at radius 2 is 1.82 bits per heavy atom. The molecule has 0 radical (unpaired) electrons. The fraction of sp³-hybridized carbons (Fsp3) is 0.0833. The third-order valence-electron chi connectivity index (χ3n) is 4.90. The van der Waals surface area contributed by atoms with Gasteiger partial charge < -0.3 is 14.8 Å². The predicted molar refractivity (Wildman–Crippen MR) is 152 cm³/mol. The van der Waals surface area contributed by atoms with Gasteiger partial charge in [-0.05, 0) is 95.4 Å². The molecule has 194 valence electrons. The first-order valence-corrected chi connectivity index (χ1v) is 13.0.